The Morgan fingerprint density at radius 1 is 1.12 bits per heavy atom. The molecule has 0 saturated carbocycles. The molecule has 0 unspecified atom stereocenters. The van der Waals surface area contributed by atoms with Gasteiger partial charge in [-0.15, -0.1) is 0 Å². The predicted molar refractivity (Wildman–Crippen MR) is 90.6 cm³/mol. The highest BCUT2D eigenvalue weighted by Gasteiger charge is 2.24. The highest BCUT2D eigenvalue weighted by Crippen LogP contribution is 2.16. The van der Waals surface area contributed by atoms with Crippen molar-refractivity contribution >= 4 is 15.9 Å². The molecular weight excluding hydrogens is 334 g/mol. The van der Waals surface area contributed by atoms with Crippen molar-refractivity contribution in [3.05, 3.63) is 18.0 Å². The number of sulfonamides is 1. The molecule has 8 nitrogen and oxygen atoms in total. The maximum absolute atomic E-state index is 12.5. The Kier molecular flexibility index (Phi) is 8.40. The molecule has 1 heterocycles. The van der Waals surface area contributed by atoms with Crippen molar-refractivity contribution in [1.82, 2.24) is 14.2 Å². The number of carbonyl (C=O) groups excluding carboxylic acids is 1. The first-order valence-corrected chi connectivity index (χ1v) is 9.16. The number of amides is 1. The molecule has 0 radical (unpaired) electrons. The van der Waals surface area contributed by atoms with Gasteiger partial charge in [0.15, 0.2) is 0 Å². The molecule has 24 heavy (non-hydrogen) atoms. The van der Waals surface area contributed by atoms with Crippen LogP contribution in [0.15, 0.2) is 17.2 Å². The normalized spacial score (nSPS) is 11.9. The van der Waals surface area contributed by atoms with E-state index in [9.17, 15) is 13.2 Å². The molecule has 1 aromatic heterocycles. The van der Waals surface area contributed by atoms with E-state index in [1.165, 1.54) is 28.5 Å². The molecule has 0 bridgehead atoms. The minimum atomic E-state index is -3.62. The summed E-state index contributed by atoms with van der Waals surface area (Å²) in [5.41, 5.74) is 0.249. The first-order valence-electron chi connectivity index (χ1n) is 7.72. The highest BCUT2D eigenvalue weighted by atomic mass is 32.2. The minimum absolute atomic E-state index is 0.0797. The molecule has 0 fully saturated rings. The van der Waals surface area contributed by atoms with E-state index >= 15 is 0 Å². The highest BCUT2D eigenvalue weighted by molar-refractivity contribution is 7.89. The molecule has 0 saturated heterocycles. The number of aromatic amines is 1. The lowest BCUT2D eigenvalue weighted by molar-refractivity contribution is 0.0774. The van der Waals surface area contributed by atoms with Crippen LogP contribution in [0.3, 0.4) is 0 Å². The molecule has 0 aliphatic heterocycles. The quantitative estimate of drug-likeness (QED) is 0.588. The lowest BCUT2D eigenvalue weighted by Gasteiger charge is -2.16. The first-order chi connectivity index (χ1) is 11.3. The standard InChI is InChI=1S/C15H27N3O5S/c1-17(7-5-9-22-3)15(19)14-11-13(12-16-14)24(20,21)18(2)8-6-10-23-4/h11-12,16H,5-10H2,1-4H3. The van der Waals surface area contributed by atoms with Crippen LogP contribution in [0.4, 0.5) is 0 Å². The van der Waals surface area contributed by atoms with Gasteiger partial charge in [0.1, 0.15) is 10.6 Å². The van der Waals surface area contributed by atoms with E-state index in [2.05, 4.69) is 4.98 Å². The molecule has 1 amide bonds. The van der Waals surface area contributed by atoms with Crippen LogP contribution in [0.25, 0.3) is 0 Å². The molecule has 1 aromatic rings. The van der Waals surface area contributed by atoms with Gasteiger partial charge >= 0.3 is 0 Å². The van der Waals surface area contributed by atoms with Gasteiger partial charge in [0.25, 0.3) is 5.91 Å². The van der Waals surface area contributed by atoms with Crippen molar-refractivity contribution < 1.29 is 22.7 Å². The molecule has 1 rings (SSSR count). The maximum Gasteiger partial charge on any atom is 0.270 e. The Labute approximate surface area is 143 Å². The van der Waals surface area contributed by atoms with Crippen molar-refractivity contribution in [2.75, 3.05) is 54.6 Å². The van der Waals surface area contributed by atoms with Crippen LogP contribution in [0.5, 0.6) is 0 Å². The van der Waals surface area contributed by atoms with E-state index in [0.29, 0.717) is 39.1 Å². The van der Waals surface area contributed by atoms with Gasteiger partial charge in [0, 0.05) is 60.8 Å². The number of nitrogens with zero attached hydrogens (tertiary/aromatic N) is 2. The number of hydrogen-bond acceptors (Lipinski definition) is 5. The van der Waals surface area contributed by atoms with Gasteiger partial charge in [-0.3, -0.25) is 4.79 Å². The summed E-state index contributed by atoms with van der Waals surface area (Å²) in [5, 5.41) is 0. The molecule has 0 aliphatic carbocycles. The van der Waals surface area contributed by atoms with Gasteiger partial charge in [-0.1, -0.05) is 0 Å². The van der Waals surface area contributed by atoms with Crippen LogP contribution >= 0.6 is 0 Å². The van der Waals surface area contributed by atoms with E-state index in [1.54, 1.807) is 21.3 Å². The zero-order chi connectivity index (χ0) is 18.2. The predicted octanol–water partition coefficient (Wildman–Crippen LogP) is 0.780. The smallest absolute Gasteiger partial charge is 0.270 e. The summed E-state index contributed by atoms with van der Waals surface area (Å²) < 4.78 is 36.1. The van der Waals surface area contributed by atoms with E-state index in [1.807, 2.05) is 0 Å². The molecule has 0 aromatic carbocycles. The van der Waals surface area contributed by atoms with Crippen LogP contribution in [0.2, 0.25) is 0 Å². The van der Waals surface area contributed by atoms with E-state index < -0.39 is 10.0 Å². The number of nitrogens with one attached hydrogen (secondary N) is 1. The number of rotatable bonds is 11. The Bertz CT molecular complexity index is 614. The van der Waals surface area contributed by atoms with Gasteiger partial charge < -0.3 is 19.4 Å². The summed E-state index contributed by atoms with van der Waals surface area (Å²) in [6.45, 7) is 1.93. The second kappa shape index (κ2) is 9.77. The Morgan fingerprint density at radius 2 is 1.71 bits per heavy atom. The summed E-state index contributed by atoms with van der Waals surface area (Å²) in [5.74, 6) is -0.255. The average molecular weight is 361 g/mol. The van der Waals surface area contributed by atoms with Crippen molar-refractivity contribution in [3.8, 4) is 0 Å². The largest absolute Gasteiger partial charge is 0.385 e. The van der Waals surface area contributed by atoms with E-state index in [4.69, 9.17) is 9.47 Å². The fourth-order valence-corrected chi connectivity index (χ4v) is 3.34. The van der Waals surface area contributed by atoms with Crippen molar-refractivity contribution in [3.63, 3.8) is 0 Å². The zero-order valence-corrected chi connectivity index (χ0v) is 15.6. The van der Waals surface area contributed by atoms with Crippen molar-refractivity contribution in [2.24, 2.45) is 0 Å². The second-order valence-corrected chi connectivity index (χ2v) is 7.54. The zero-order valence-electron chi connectivity index (χ0n) is 14.7. The summed E-state index contributed by atoms with van der Waals surface area (Å²) in [6.07, 6.45) is 2.66. The topological polar surface area (TPSA) is 91.9 Å². The average Bonchev–Trinajstić information content (AvgIpc) is 3.05. The molecule has 0 atom stereocenters. The second-order valence-electron chi connectivity index (χ2n) is 5.50. The Hall–Kier alpha value is -1.42. The van der Waals surface area contributed by atoms with Crippen LogP contribution < -0.4 is 0 Å². The lowest BCUT2D eigenvalue weighted by atomic mass is 10.3. The third-order valence-electron chi connectivity index (χ3n) is 3.61. The number of aromatic nitrogens is 1. The number of methoxy groups -OCH3 is 2. The molecular formula is C15H27N3O5S. The summed E-state index contributed by atoms with van der Waals surface area (Å²) in [4.78, 5) is 16.7. The van der Waals surface area contributed by atoms with Gasteiger partial charge in [-0.2, -0.15) is 0 Å². The number of carbonyl (C=O) groups is 1. The summed E-state index contributed by atoms with van der Waals surface area (Å²) in [6, 6.07) is 1.37. The van der Waals surface area contributed by atoms with Gasteiger partial charge in [0.05, 0.1) is 0 Å². The van der Waals surface area contributed by atoms with Gasteiger partial charge in [-0.25, -0.2) is 12.7 Å². The number of ether oxygens (including phenoxy) is 2. The fourth-order valence-electron chi connectivity index (χ4n) is 2.13. The van der Waals surface area contributed by atoms with Gasteiger partial charge in [-0.05, 0) is 18.9 Å². The molecule has 0 spiro atoms. The molecule has 9 heteroatoms. The third-order valence-corrected chi connectivity index (χ3v) is 5.44. The van der Waals surface area contributed by atoms with Gasteiger partial charge in [0.2, 0.25) is 10.0 Å². The van der Waals surface area contributed by atoms with E-state index in [-0.39, 0.29) is 16.5 Å². The monoisotopic (exact) mass is 361 g/mol. The van der Waals surface area contributed by atoms with Crippen LogP contribution in [-0.2, 0) is 19.5 Å². The van der Waals surface area contributed by atoms with Crippen LogP contribution in [-0.4, -0.2) is 83.1 Å². The molecule has 0 aliphatic rings. The third kappa shape index (κ3) is 5.59. The van der Waals surface area contributed by atoms with Crippen LogP contribution in [0, 0.1) is 0 Å². The fraction of sp³-hybridized carbons (Fsp3) is 0.667. The van der Waals surface area contributed by atoms with Crippen molar-refractivity contribution in [1.29, 1.82) is 0 Å². The van der Waals surface area contributed by atoms with E-state index in [0.717, 1.165) is 0 Å². The minimum Gasteiger partial charge on any atom is -0.385 e. The summed E-state index contributed by atoms with van der Waals surface area (Å²) in [7, 11) is 2.73. The number of hydrogen-bond donors (Lipinski definition) is 1. The SMILES string of the molecule is COCCCN(C)C(=O)c1cc(S(=O)(=O)N(C)CCCOC)c[nH]1. The summed E-state index contributed by atoms with van der Waals surface area (Å²) >= 11 is 0. The lowest BCUT2D eigenvalue weighted by Crippen LogP contribution is -2.29. The maximum atomic E-state index is 12.5. The first kappa shape index (κ1) is 20.6. The Balaban J connectivity index is 2.74. The van der Waals surface area contributed by atoms with Crippen molar-refractivity contribution in [2.45, 2.75) is 17.7 Å². The molecule has 1 N–H and O–H groups in total. The Morgan fingerprint density at radius 3 is 2.29 bits per heavy atom. The number of H-pyrrole nitrogens is 1. The van der Waals surface area contributed by atoms with Crippen LogP contribution in [0.1, 0.15) is 23.3 Å². The molecule has 138 valence electrons.